The Kier molecular flexibility index (Phi) is 8.65. The van der Waals surface area contributed by atoms with Gasteiger partial charge in [-0.2, -0.15) is 0 Å². The zero-order chi connectivity index (χ0) is 25.2. The van der Waals surface area contributed by atoms with Gasteiger partial charge in [0.25, 0.3) is 0 Å². The first-order valence-electron chi connectivity index (χ1n) is 12.6. The lowest BCUT2D eigenvalue weighted by Crippen LogP contribution is -2.57. The number of likely N-dealkylation sites (tertiary alicyclic amines) is 1. The number of nitrogens with zero attached hydrogens (tertiary/aromatic N) is 3. The molecule has 0 aromatic carbocycles. The molecule has 0 spiro atoms. The lowest BCUT2D eigenvalue weighted by atomic mass is 9.83. The van der Waals surface area contributed by atoms with Crippen molar-refractivity contribution in [2.75, 3.05) is 26.4 Å². The van der Waals surface area contributed by atoms with Crippen LogP contribution in [-0.2, 0) is 25.3 Å². The SMILES string of the molecule is C[C@@H](C(=O)NC(C(=O)N1CCC2C1CCN2S(C)=O)C1CCCCC1)N(C)C(=O)OC(C)(C)C. The second-order valence-electron chi connectivity index (χ2n) is 11.0. The monoisotopic (exact) mass is 498 g/mol. The minimum absolute atomic E-state index is 0.0383. The largest absolute Gasteiger partial charge is 0.444 e. The van der Waals surface area contributed by atoms with Gasteiger partial charge in [-0.25, -0.2) is 13.3 Å². The van der Waals surface area contributed by atoms with Gasteiger partial charge < -0.3 is 15.0 Å². The van der Waals surface area contributed by atoms with E-state index in [0.717, 1.165) is 51.5 Å². The molecule has 1 saturated carbocycles. The number of hydrogen-bond donors (Lipinski definition) is 1. The molecular formula is C24H42N4O5S. The molecule has 0 aromatic heterocycles. The van der Waals surface area contributed by atoms with E-state index in [-0.39, 0.29) is 29.8 Å². The summed E-state index contributed by atoms with van der Waals surface area (Å²) in [6, 6.07) is -1.22. The molecule has 9 nitrogen and oxygen atoms in total. The minimum Gasteiger partial charge on any atom is -0.444 e. The van der Waals surface area contributed by atoms with E-state index in [1.54, 1.807) is 41.0 Å². The van der Waals surface area contributed by atoms with Crippen LogP contribution in [0.5, 0.6) is 0 Å². The molecule has 0 bridgehead atoms. The molecule has 4 unspecified atom stereocenters. The molecule has 2 aliphatic heterocycles. The second kappa shape index (κ2) is 10.9. The third-order valence-corrected chi connectivity index (χ3v) is 8.58. The number of rotatable bonds is 6. The van der Waals surface area contributed by atoms with E-state index in [1.807, 2.05) is 9.21 Å². The summed E-state index contributed by atoms with van der Waals surface area (Å²) in [6.45, 7) is 8.34. The summed E-state index contributed by atoms with van der Waals surface area (Å²) in [6.07, 6.45) is 7.78. The first-order valence-corrected chi connectivity index (χ1v) is 14.1. The summed E-state index contributed by atoms with van der Waals surface area (Å²) < 4.78 is 19.5. The number of ether oxygens (including phenoxy) is 1. The number of carbonyl (C=O) groups is 3. The fourth-order valence-corrected chi connectivity index (χ4v) is 6.50. The molecule has 1 aliphatic carbocycles. The third kappa shape index (κ3) is 6.11. The first-order chi connectivity index (χ1) is 15.9. The predicted molar refractivity (Wildman–Crippen MR) is 131 cm³/mol. The number of carbonyl (C=O) groups excluding carboxylic acids is 3. The zero-order valence-corrected chi connectivity index (χ0v) is 22.4. The summed E-state index contributed by atoms with van der Waals surface area (Å²) in [7, 11) is 0.489. The molecule has 34 heavy (non-hydrogen) atoms. The van der Waals surface area contributed by atoms with E-state index in [9.17, 15) is 18.6 Å². The zero-order valence-electron chi connectivity index (χ0n) is 21.5. The molecule has 0 aromatic rings. The van der Waals surface area contributed by atoms with Crippen LogP contribution >= 0.6 is 0 Å². The van der Waals surface area contributed by atoms with Crippen LogP contribution in [0.25, 0.3) is 0 Å². The maximum absolute atomic E-state index is 13.8. The Morgan fingerprint density at radius 2 is 1.65 bits per heavy atom. The van der Waals surface area contributed by atoms with Gasteiger partial charge in [-0.3, -0.25) is 14.5 Å². The predicted octanol–water partition coefficient (Wildman–Crippen LogP) is 2.28. The highest BCUT2D eigenvalue weighted by molar-refractivity contribution is 7.81. The summed E-state index contributed by atoms with van der Waals surface area (Å²) in [5, 5.41) is 3.02. The highest BCUT2D eigenvalue weighted by atomic mass is 32.2. The lowest BCUT2D eigenvalue weighted by molar-refractivity contribution is -0.140. The quantitative estimate of drug-likeness (QED) is 0.606. The molecule has 5 atom stereocenters. The average molecular weight is 499 g/mol. The van der Waals surface area contributed by atoms with Crippen LogP contribution in [0.3, 0.4) is 0 Å². The number of amides is 3. The normalized spacial score (nSPS) is 26.5. The van der Waals surface area contributed by atoms with Crippen molar-refractivity contribution < 1.29 is 23.3 Å². The Hall–Kier alpha value is -1.68. The van der Waals surface area contributed by atoms with Crippen LogP contribution in [-0.4, -0.2) is 92.4 Å². The van der Waals surface area contributed by atoms with Crippen molar-refractivity contribution in [2.24, 2.45) is 5.92 Å². The molecule has 3 amide bonds. The molecule has 0 radical (unpaired) electrons. The lowest BCUT2D eigenvalue weighted by Gasteiger charge is -2.36. The van der Waals surface area contributed by atoms with E-state index in [0.29, 0.717) is 6.54 Å². The number of likely N-dealkylation sites (N-methyl/N-ethyl adjacent to an activating group) is 1. The van der Waals surface area contributed by atoms with Crippen LogP contribution in [0.1, 0.15) is 72.6 Å². The molecule has 10 heteroatoms. The summed E-state index contributed by atoms with van der Waals surface area (Å²) in [4.78, 5) is 42.7. The van der Waals surface area contributed by atoms with Gasteiger partial charge in [0.1, 0.15) is 17.7 Å². The van der Waals surface area contributed by atoms with Gasteiger partial charge >= 0.3 is 6.09 Å². The van der Waals surface area contributed by atoms with Crippen molar-refractivity contribution in [1.82, 2.24) is 19.4 Å². The summed E-state index contributed by atoms with van der Waals surface area (Å²) >= 11 is 0. The molecule has 2 heterocycles. The molecule has 3 fully saturated rings. The van der Waals surface area contributed by atoms with Crippen LogP contribution < -0.4 is 5.32 Å². The molecule has 3 aliphatic rings. The van der Waals surface area contributed by atoms with Gasteiger partial charge in [-0.05, 0) is 59.3 Å². The van der Waals surface area contributed by atoms with Gasteiger partial charge in [0.15, 0.2) is 0 Å². The number of fused-ring (bicyclic) bond motifs is 1. The first kappa shape index (κ1) is 26.9. The fraction of sp³-hybridized carbons (Fsp3) is 0.875. The van der Waals surface area contributed by atoms with Gasteiger partial charge in [0.05, 0.1) is 11.0 Å². The summed E-state index contributed by atoms with van der Waals surface area (Å²) in [5.74, 6) is -0.305. The van der Waals surface area contributed by atoms with Crippen molar-refractivity contribution in [1.29, 1.82) is 0 Å². The molecule has 1 N–H and O–H groups in total. The van der Waals surface area contributed by atoms with Crippen LogP contribution in [0.15, 0.2) is 0 Å². The highest BCUT2D eigenvalue weighted by Gasteiger charge is 2.48. The number of hydrogen-bond acceptors (Lipinski definition) is 5. The van der Waals surface area contributed by atoms with Crippen LogP contribution in [0.4, 0.5) is 4.79 Å². The topological polar surface area (TPSA) is 99.3 Å². The van der Waals surface area contributed by atoms with Gasteiger partial charge in [0, 0.05) is 38.5 Å². The maximum Gasteiger partial charge on any atom is 0.410 e. The Bertz CT molecular complexity index is 795. The molecule has 194 valence electrons. The van der Waals surface area contributed by atoms with Gasteiger partial charge in [-0.1, -0.05) is 19.3 Å². The Labute approximate surface area is 206 Å². The molecular weight excluding hydrogens is 456 g/mol. The fourth-order valence-electron chi connectivity index (χ4n) is 5.51. The second-order valence-corrected chi connectivity index (χ2v) is 12.3. The van der Waals surface area contributed by atoms with Gasteiger partial charge in [-0.15, -0.1) is 0 Å². The van der Waals surface area contributed by atoms with Crippen molar-refractivity contribution in [3.63, 3.8) is 0 Å². The average Bonchev–Trinajstić information content (AvgIpc) is 3.37. The third-order valence-electron chi connectivity index (χ3n) is 7.47. The Morgan fingerprint density at radius 1 is 1.03 bits per heavy atom. The van der Waals surface area contributed by atoms with Crippen molar-refractivity contribution in [2.45, 2.75) is 102 Å². The van der Waals surface area contributed by atoms with Crippen molar-refractivity contribution >= 4 is 28.9 Å². The smallest absolute Gasteiger partial charge is 0.410 e. The number of nitrogens with one attached hydrogen (secondary N) is 1. The van der Waals surface area contributed by atoms with Crippen molar-refractivity contribution in [3.05, 3.63) is 0 Å². The maximum atomic E-state index is 13.8. The molecule has 2 saturated heterocycles. The van der Waals surface area contributed by atoms with Crippen LogP contribution in [0.2, 0.25) is 0 Å². The molecule has 3 rings (SSSR count). The van der Waals surface area contributed by atoms with E-state index < -0.39 is 34.8 Å². The Balaban J connectivity index is 1.72. The minimum atomic E-state index is -1.05. The van der Waals surface area contributed by atoms with E-state index >= 15 is 0 Å². The van der Waals surface area contributed by atoms with E-state index in [4.69, 9.17) is 4.74 Å². The Morgan fingerprint density at radius 3 is 2.24 bits per heavy atom. The van der Waals surface area contributed by atoms with E-state index in [2.05, 4.69) is 5.32 Å². The summed E-state index contributed by atoms with van der Waals surface area (Å²) in [5.41, 5.74) is -0.661. The van der Waals surface area contributed by atoms with Crippen molar-refractivity contribution in [3.8, 4) is 0 Å². The van der Waals surface area contributed by atoms with Gasteiger partial charge in [0.2, 0.25) is 11.8 Å². The van der Waals surface area contributed by atoms with Crippen LogP contribution in [0, 0.1) is 5.92 Å². The highest BCUT2D eigenvalue weighted by Crippen LogP contribution is 2.35. The van der Waals surface area contributed by atoms with E-state index in [1.165, 1.54) is 4.90 Å². The standard InChI is InChI=1S/C24H42N4O5S/c1-16(26(5)23(31)33-24(2,3)4)21(29)25-20(17-10-8-7-9-11-17)22(30)27-14-12-19-18(27)13-15-28(19)34(6)32/h16-20H,7-15H2,1-6H3,(H,25,29)/t16-,18?,19?,20?,34?/m0/s1.